The van der Waals surface area contributed by atoms with E-state index in [9.17, 15) is 9.59 Å². The van der Waals surface area contributed by atoms with Gasteiger partial charge in [-0.2, -0.15) is 5.48 Å². The van der Waals surface area contributed by atoms with Crippen LogP contribution >= 0.6 is 0 Å². The van der Waals surface area contributed by atoms with Gasteiger partial charge in [0.05, 0.1) is 6.42 Å². The van der Waals surface area contributed by atoms with Gasteiger partial charge in [0, 0.05) is 0 Å². The lowest BCUT2D eigenvalue weighted by Gasteiger charge is -2.06. The van der Waals surface area contributed by atoms with Gasteiger partial charge in [-0.1, -0.05) is 54.6 Å². The quantitative estimate of drug-likeness (QED) is 0.571. The molecule has 1 amide bonds. The molecule has 0 saturated carbocycles. The van der Waals surface area contributed by atoms with Crippen LogP contribution in [0.1, 0.15) is 29.5 Å². The second-order valence-corrected chi connectivity index (χ2v) is 5.84. The van der Waals surface area contributed by atoms with Crippen molar-refractivity contribution in [3.05, 3.63) is 71.3 Å². The summed E-state index contributed by atoms with van der Waals surface area (Å²) < 4.78 is 0. The van der Waals surface area contributed by atoms with Crippen LogP contribution in [0.2, 0.25) is 0 Å². The molecule has 0 spiro atoms. The number of benzene rings is 2. The summed E-state index contributed by atoms with van der Waals surface area (Å²) >= 11 is 0. The van der Waals surface area contributed by atoms with Crippen LogP contribution in [0.4, 0.5) is 0 Å². The Hall–Kier alpha value is -2.66. The molecule has 2 rings (SSSR count). The standard InChI is InChI=1S/C20H23NO4/c22-15-20(24)25-21-19(23)14-18-12-10-17(11-13-18)9-5-4-8-16-6-2-1-3-7-16/h1-3,6-7,10-13,22H,4-5,8-9,14-15H2,(H,21,23). The second-order valence-electron chi connectivity index (χ2n) is 5.84. The molecule has 0 aromatic heterocycles. The van der Waals surface area contributed by atoms with Crippen LogP contribution in [0, 0.1) is 0 Å². The molecule has 2 N–H and O–H groups in total. The summed E-state index contributed by atoms with van der Waals surface area (Å²) in [4.78, 5) is 26.7. The van der Waals surface area contributed by atoms with Crippen molar-refractivity contribution in [2.24, 2.45) is 0 Å². The van der Waals surface area contributed by atoms with E-state index in [4.69, 9.17) is 5.11 Å². The maximum absolute atomic E-state index is 11.6. The minimum Gasteiger partial charge on any atom is -0.385 e. The Balaban J connectivity index is 1.68. The Morgan fingerprint density at radius 1 is 0.840 bits per heavy atom. The molecule has 0 heterocycles. The molecule has 0 saturated heterocycles. The highest BCUT2D eigenvalue weighted by atomic mass is 16.7. The van der Waals surface area contributed by atoms with E-state index in [0.29, 0.717) is 0 Å². The van der Waals surface area contributed by atoms with Gasteiger partial charge in [-0.05, 0) is 42.4 Å². The first-order valence-electron chi connectivity index (χ1n) is 8.38. The van der Waals surface area contributed by atoms with Crippen molar-refractivity contribution in [3.63, 3.8) is 0 Å². The average molecular weight is 341 g/mol. The number of hydrogen-bond acceptors (Lipinski definition) is 4. The Bertz CT molecular complexity index is 668. The largest absolute Gasteiger partial charge is 0.385 e. The fourth-order valence-corrected chi connectivity index (χ4v) is 2.49. The van der Waals surface area contributed by atoms with E-state index in [-0.39, 0.29) is 6.42 Å². The normalized spacial score (nSPS) is 10.3. The number of aliphatic hydroxyl groups excluding tert-OH is 1. The maximum Gasteiger partial charge on any atom is 0.357 e. The fraction of sp³-hybridized carbons (Fsp3) is 0.300. The number of unbranched alkanes of at least 4 members (excludes halogenated alkanes) is 1. The van der Waals surface area contributed by atoms with Crippen LogP contribution < -0.4 is 5.48 Å². The van der Waals surface area contributed by atoms with Crippen molar-refractivity contribution in [1.82, 2.24) is 5.48 Å². The first-order valence-corrected chi connectivity index (χ1v) is 8.38. The van der Waals surface area contributed by atoms with Crippen LogP contribution in [0.3, 0.4) is 0 Å². The van der Waals surface area contributed by atoms with Gasteiger partial charge in [-0.25, -0.2) is 4.79 Å². The molecule has 0 unspecified atom stereocenters. The van der Waals surface area contributed by atoms with Gasteiger partial charge in [-0.15, -0.1) is 0 Å². The van der Waals surface area contributed by atoms with Gasteiger partial charge in [0.1, 0.15) is 6.61 Å². The molecule has 5 nitrogen and oxygen atoms in total. The first kappa shape index (κ1) is 18.7. The molecular weight excluding hydrogens is 318 g/mol. The monoisotopic (exact) mass is 341 g/mol. The molecule has 0 aliphatic rings. The van der Waals surface area contributed by atoms with Crippen molar-refractivity contribution < 1.29 is 19.5 Å². The summed E-state index contributed by atoms with van der Waals surface area (Å²) in [5, 5.41) is 8.50. The highest BCUT2D eigenvalue weighted by Crippen LogP contribution is 2.11. The lowest BCUT2D eigenvalue weighted by Crippen LogP contribution is -2.29. The summed E-state index contributed by atoms with van der Waals surface area (Å²) in [5.41, 5.74) is 5.45. The SMILES string of the molecule is O=C(Cc1ccc(CCCCc2ccccc2)cc1)NOC(=O)CO. The van der Waals surface area contributed by atoms with Crippen LogP contribution in [0.15, 0.2) is 54.6 Å². The number of carbonyl (C=O) groups excluding carboxylic acids is 2. The zero-order valence-corrected chi connectivity index (χ0v) is 14.1. The van der Waals surface area contributed by atoms with Crippen LogP contribution in [-0.4, -0.2) is 23.6 Å². The summed E-state index contributed by atoms with van der Waals surface area (Å²) in [5.74, 6) is -1.32. The third-order valence-electron chi connectivity index (χ3n) is 3.82. The van der Waals surface area contributed by atoms with E-state index >= 15 is 0 Å². The number of carbonyl (C=O) groups is 2. The molecule has 2 aromatic rings. The minimum absolute atomic E-state index is 0.118. The molecule has 0 fully saturated rings. The predicted molar refractivity (Wildman–Crippen MR) is 94.6 cm³/mol. The smallest absolute Gasteiger partial charge is 0.357 e. The van der Waals surface area contributed by atoms with Crippen LogP contribution in [-0.2, 0) is 33.7 Å². The molecule has 0 aliphatic heterocycles. The van der Waals surface area contributed by atoms with E-state index in [1.54, 1.807) is 0 Å². The predicted octanol–water partition coefficient (Wildman–Crippen LogP) is 2.36. The average Bonchev–Trinajstić information content (AvgIpc) is 2.65. The van der Waals surface area contributed by atoms with Crippen LogP contribution in [0.5, 0.6) is 0 Å². The van der Waals surface area contributed by atoms with Crippen LogP contribution in [0.25, 0.3) is 0 Å². The van der Waals surface area contributed by atoms with Gasteiger partial charge in [0.15, 0.2) is 0 Å². The molecule has 0 atom stereocenters. The number of hydroxylamine groups is 1. The number of amides is 1. The van der Waals surface area contributed by atoms with E-state index in [1.165, 1.54) is 11.1 Å². The Morgan fingerprint density at radius 2 is 1.40 bits per heavy atom. The Morgan fingerprint density at radius 3 is 2.00 bits per heavy atom. The molecule has 0 bridgehead atoms. The van der Waals surface area contributed by atoms with Crippen molar-refractivity contribution >= 4 is 11.9 Å². The summed E-state index contributed by atoms with van der Waals surface area (Å²) in [6.45, 7) is -0.765. The third-order valence-corrected chi connectivity index (χ3v) is 3.82. The molecule has 0 aliphatic carbocycles. The number of rotatable bonds is 8. The van der Waals surface area contributed by atoms with Gasteiger partial charge < -0.3 is 9.94 Å². The second kappa shape index (κ2) is 10.3. The highest BCUT2D eigenvalue weighted by Gasteiger charge is 2.06. The minimum atomic E-state index is -0.890. The first-order chi connectivity index (χ1) is 12.2. The summed E-state index contributed by atoms with van der Waals surface area (Å²) in [7, 11) is 0. The molecule has 0 radical (unpaired) electrons. The molecule has 2 aromatic carbocycles. The van der Waals surface area contributed by atoms with Gasteiger partial charge >= 0.3 is 5.97 Å². The zero-order valence-electron chi connectivity index (χ0n) is 14.1. The summed E-state index contributed by atoms with van der Waals surface area (Å²) in [6.07, 6.45) is 4.47. The van der Waals surface area contributed by atoms with Crippen molar-refractivity contribution in [2.45, 2.75) is 32.1 Å². The topological polar surface area (TPSA) is 75.6 Å². The fourth-order valence-electron chi connectivity index (χ4n) is 2.49. The van der Waals surface area contributed by atoms with Crippen molar-refractivity contribution in [2.75, 3.05) is 6.61 Å². The molecule has 25 heavy (non-hydrogen) atoms. The lowest BCUT2D eigenvalue weighted by molar-refractivity contribution is -0.160. The van der Waals surface area contributed by atoms with Gasteiger partial charge in [0.25, 0.3) is 5.91 Å². The Labute approximate surface area is 147 Å². The van der Waals surface area contributed by atoms with Crippen molar-refractivity contribution in [1.29, 1.82) is 0 Å². The number of aliphatic hydroxyl groups is 1. The maximum atomic E-state index is 11.6. The number of nitrogens with one attached hydrogen (secondary N) is 1. The zero-order chi connectivity index (χ0) is 17.9. The lowest BCUT2D eigenvalue weighted by atomic mass is 10.0. The van der Waals surface area contributed by atoms with E-state index < -0.39 is 18.5 Å². The molecule has 5 heteroatoms. The number of hydrogen-bond donors (Lipinski definition) is 2. The Kier molecular flexibility index (Phi) is 7.66. The van der Waals surface area contributed by atoms with Gasteiger partial charge in [0.2, 0.25) is 0 Å². The van der Waals surface area contributed by atoms with Gasteiger partial charge in [-0.3, -0.25) is 4.79 Å². The highest BCUT2D eigenvalue weighted by molar-refractivity contribution is 5.80. The third kappa shape index (κ3) is 7.18. The van der Waals surface area contributed by atoms with E-state index in [2.05, 4.69) is 29.1 Å². The van der Waals surface area contributed by atoms with E-state index in [0.717, 1.165) is 31.2 Å². The number of aryl methyl sites for hydroxylation is 2. The molecular formula is C20H23NO4. The summed E-state index contributed by atoms with van der Waals surface area (Å²) in [6, 6.07) is 18.3. The van der Waals surface area contributed by atoms with E-state index in [1.807, 2.05) is 35.8 Å². The molecule has 132 valence electrons. The van der Waals surface area contributed by atoms with Crippen molar-refractivity contribution in [3.8, 4) is 0 Å².